The molecule has 0 aromatic carbocycles. The fourth-order valence-electron chi connectivity index (χ4n) is 0.537. The van der Waals surface area contributed by atoms with Crippen molar-refractivity contribution in [2.24, 2.45) is 11.8 Å². The number of hydrogen-bond donors (Lipinski definition) is 0. The van der Waals surface area contributed by atoms with Gasteiger partial charge in [0.05, 0.1) is 0 Å². The van der Waals surface area contributed by atoms with Gasteiger partial charge in [-0.25, -0.2) is 0 Å². The van der Waals surface area contributed by atoms with Gasteiger partial charge in [-0.15, -0.1) is 0 Å². The highest BCUT2D eigenvalue weighted by atomic mass is 16.5. The molecule has 0 aromatic rings. The molecule has 0 amide bonds. The Morgan fingerprint density at radius 1 is 0.750 bits per heavy atom. The van der Waals surface area contributed by atoms with Crippen LogP contribution in [0.15, 0.2) is 0 Å². The normalized spacial score (nSPS) is 8.40. The molecule has 0 aliphatic carbocycles. The summed E-state index contributed by atoms with van der Waals surface area (Å²) in [6.45, 7) is 19.0. The van der Waals surface area contributed by atoms with E-state index in [9.17, 15) is 0 Å². The molecule has 0 heterocycles. The summed E-state index contributed by atoms with van der Waals surface area (Å²) in [4.78, 5) is 0. The molecular formula is C18H46O2. The first-order valence-corrected chi connectivity index (χ1v) is 7.85. The van der Waals surface area contributed by atoms with Crippen LogP contribution in [0, 0.1) is 11.8 Å². The first-order valence-electron chi connectivity index (χ1n) is 7.85. The minimum Gasteiger partial charge on any atom is -0.385 e. The van der Waals surface area contributed by atoms with Crippen molar-refractivity contribution >= 4 is 0 Å². The maximum absolute atomic E-state index is 4.80. The van der Waals surface area contributed by atoms with E-state index in [2.05, 4.69) is 55.4 Å². The molecule has 2 nitrogen and oxygen atoms in total. The van der Waals surface area contributed by atoms with E-state index in [1.54, 1.807) is 14.2 Å². The molecule has 2 heteroatoms. The molecule has 0 bridgehead atoms. The lowest BCUT2D eigenvalue weighted by Crippen LogP contribution is -1.96. The van der Waals surface area contributed by atoms with Crippen LogP contribution in [0.5, 0.6) is 0 Å². The maximum Gasteiger partial charge on any atom is 0.0485 e. The van der Waals surface area contributed by atoms with E-state index in [4.69, 9.17) is 9.47 Å². The Morgan fingerprint density at radius 2 is 1.10 bits per heavy atom. The summed E-state index contributed by atoms with van der Waals surface area (Å²) < 4.78 is 9.49. The van der Waals surface area contributed by atoms with Crippen molar-refractivity contribution in [2.45, 2.75) is 82.1 Å². The van der Waals surface area contributed by atoms with E-state index < -0.39 is 0 Å². The molecular weight excluding hydrogens is 248 g/mol. The zero-order valence-electron chi connectivity index (χ0n) is 15.5. The van der Waals surface area contributed by atoms with Gasteiger partial charge < -0.3 is 9.47 Å². The Hall–Kier alpha value is -0.0800. The Labute approximate surface area is 131 Å². The summed E-state index contributed by atoms with van der Waals surface area (Å²) >= 11 is 0. The highest BCUT2D eigenvalue weighted by Crippen LogP contribution is 1.93. The minimum atomic E-state index is 0. The lowest BCUT2D eigenvalue weighted by Gasteiger charge is -1.97. The van der Waals surface area contributed by atoms with Gasteiger partial charge >= 0.3 is 0 Å². The summed E-state index contributed by atoms with van der Waals surface area (Å²) in [6.07, 6.45) is 3.68. The van der Waals surface area contributed by atoms with Crippen molar-refractivity contribution in [1.29, 1.82) is 0 Å². The van der Waals surface area contributed by atoms with Crippen molar-refractivity contribution in [3.8, 4) is 0 Å². The summed E-state index contributed by atoms with van der Waals surface area (Å²) in [5.74, 6) is 1.56. The molecule has 0 atom stereocenters. The monoisotopic (exact) mass is 294 g/mol. The highest BCUT2D eigenvalue weighted by molar-refractivity contribution is 4.35. The van der Waals surface area contributed by atoms with E-state index in [0.717, 1.165) is 25.6 Å². The predicted molar refractivity (Wildman–Crippen MR) is 96.7 cm³/mol. The van der Waals surface area contributed by atoms with E-state index >= 15 is 0 Å². The third-order valence-electron chi connectivity index (χ3n) is 1.72. The Bertz CT molecular complexity index is 99.6. The van der Waals surface area contributed by atoms with Crippen molar-refractivity contribution < 1.29 is 9.47 Å². The van der Waals surface area contributed by atoms with Crippen LogP contribution >= 0.6 is 0 Å². The SMILES string of the molecule is C.CCC.CCC(C)C.CCCOC.COCC(C)C. The third kappa shape index (κ3) is 107. The molecule has 0 aliphatic heterocycles. The first kappa shape index (κ1) is 32.0. The smallest absolute Gasteiger partial charge is 0.0485 e. The van der Waals surface area contributed by atoms with Gasteiger partial charge in [-0.3, -0.25) is 0 Å². The second-order valence-electron chi connectivity index (χ2n) is 5.35. The topological polar surface area (TPSA) is 18.5 Å². The molecule has 0 fully saturated rings. The number of ether oxygens (including phenoxy) is 2. The van der Waals surface area contributed by atoms with Crippen LogP contribution in [-0.4, -0.2) is 27.4 Å². The Kier molecular flexibility index (Phi) is 58.3. The van der Waals surface area contributed by atoms with Crippen LogP contribution in [-0.2, 0) is 9.47 Å². The fourth-order valence-corrected chi connectivity index (χ4v) is 0.537. The zero-order chi connectivity index (χ0) is 16.1. The highest BCUT2D eigenvalue weighted by Gasteiger charge is 1.85. The maximum atomic E-state index is 4.80. The van der Waals surface area contributed by atoms with Gasteiger partial charge in [0.2, 0.25) is 0 Å². The minimum absolute atomic E-state index is 0. The third-order valence-corrected chi connectivity index (χ3v) is 1.72. The van der Waals surface area contributed by atoms with Crippen LogP contribution in [0.1, 0.15) is 82.1 Å². The van der Waals surface area contributed by atoms with E-state index in [1.165, 1.54) is 12.8 Å². The number of rotatable bonds is 5. The average molecular weight is 295 g/mol. The molecule has 0 N–H and O–H groups in total. The van der Waals surface area contributed by atoms with E-state index in [-0.39, 0.29) is 7.43 Å². The molecule has 0 unspecified atom stereocenters. The average Bonchev–Trinajstić information content (AvgIpc) is 2.32. The molecule has 0 aromatic heterocycles. The second-order valence-corrected chi connectivity index (χ2v) is 5.35. The molecule has 0 aliphatic rings. The van der Waals surface area contributed by atoms with Gasteiger partial charge in [0, 0.05) is 27.4 Å². The van der Waals surface area contributed by atoms with Gasteiger partial charge in [-0.05, 0) is 18.3 Å². The fraction of sp³-hybridized carbons (Fsp3) is 1.00. The van der Waals surface area contributed by atoms with Gasteiger partial charge in [0.15, 0.2) is 0 Å². The van der Waals surface area contributed by atoms with Crippen LogP contribution in [0.25, 0.3) is 0 Å². The van der Waals surface area contributed by atoms with Crippen LogP contribution in [0.2, 0.25) is 0 Å². The summed E-state index contributed by atoms with van der Waals surface area (Å²) in [5.41, 5.74) is 0. The molecule has 0 saturated carbocycles. The Balaban J connectivity index is -0.0000000504. The van der Waals surface area contributed by atoms with Gasteiger partial charge in [-0.2, -0.15) is 0 Å². The largest absolute Gasteiger partial charge is 0.385 e. The Morgan fingerprint density at radius 3 is 1.10 bits per heavy atom. The summed E-state index contributed by atoms with van der Waals surface area (Å²) in [5, 5.41) is 0. The van der Waals surface area contributed by atoms with Crippen molar-refractivity contribution in [1.82, 2.24) is 0 Å². The predicted octanol–water partition coefficient (Wildman–Crippen LogP) is 6.44. The second kappa shape index (κ2) is 36.4. The standard InChI is InChI=1S/C5H12O.C5H12.C4H10O.C3H8.CH4/c1-5(2)4-6-3;1-4-5(2)3;1-3-4-5-2;1-3-2;/h5H,4H2,1-3H3;5H,4H2,1-3H3;3-4H2,1-2H3;3H2,1-2H3;1H4. The first-order chi connectivity index (χ1) is 8.87. The van der Waals surface area contributed by atoms with Gasteiger partial charge in [0.1, 0.15) is 0 Å². The van der Waals surface area contributed by atoms with Crippen LogP contribution < -0.4 is 0 Å². The lowest BCUT2D eigenvalue weighted by molar-refractivity contribution is 0.167. The number of methoxy groups -OCH3 is 2. The molecule has 130 valence electrons. The summed E-state index contributed by atoms with van der Waals surface area (Å²) in [7, 11) is 3.43. The molecule has 20 heavy (non-hydrogen) atoms. The van der Waals surface area contributed by atoms with Gasteiger partial charge in [-0.1, -0.05) is 75.7 Å². The van der Waals surface area contributed by atoms with Crippen LogP contribution in [0.3, 0.4) is 0 Å². The quantitative estimate of drug-likeness (QED) is 0.581. The zero-order valence-corrected chi connectivity index (χ0v) is 15.5. The van der Waals surface area contributed by atoms with Gasteiger partial charge in [0.25, 0.3) is 0 Å². The lowest BCUT2D eigenvalue weighted by atomic mass is 10.2. The molecule has 0 saturated heterocycles. The van der Waals surface area contributed by atoms with E-state index in [1.807, 2.05) is 0 Å². The molecule has 0 spiro atoms. The summed E-state index contributed by atoms with van der Waals surface area (Å²) in [6, 6.07) is 0. The van der Waals surface area contributed by atoms with E-state index in [0.29, 0.717) is 5.92 Å². The molecule has 0 radical (unpaired) electrons. The van der Waals surface area contributed by atoms with Crippen molar-refractivity contribution in [3.05, 3.63) is 0 Å². The van der Waals surface area contributed by atoms with Crippen molar-refractivity contribution in [2.75, 3.05) is 27.4 Å². The number of hydrogen-bond acceptors (Lipinski definition) is 2. The molecule has 0 rings (SSSR count). The van der Waals surface area contributed by atoms with Crippen LogP contribution in [0.4, 0.5) is 0 Å². The van der Waals surface area contributed by atoms with Crippen molar-refractivity contribution in [3.63, 3.8) is 0 Å².